The first-order valence-corrected chi connectivity index (χ1v) is 8.18. The minimum atomic E-state index is -0.234. The second kappa shape index (κ2) is 8.62. The molecule has 2 rings (SSSR count). The molecule has 1 aromatic rings. The number of ether oxygens (including phenoxy) is 1. The van der Waals surface area contributed by atoms with Gasteiger partial charge in [0.1, 0.15) is 5.75 Å². The number of nitrogens with zero attached hydrogens (tertiary/aromatic N) is 1. The molecule has 6 nitrogen and oxygen atoms in total. The van der Waals surface area contributed by atoms with Gasteiger partial charge < -0.3 is 20.3 Å². The number of carbonyl (C=O) groups excluding carboxylic acids is 2. The zero-order valence-electron chi connectivity index (χ0n) is 13.2. The number of nitrogens with one attached hydrogen (secondary N) is 2. The summed E-state index contributed by atoms with van der Waals surface area (Å²) in [5.74, 6) is 0.350. The lowest BCUT2D eigenvalue weighted by Crippen LogP contribution is -2.40. The number of benzene rings is 1. The van der Waals surface area contributed by atoms with E-state index in [-0.39, 0.29) is 24.9 Å². The summed E-state index contributed by atoms with van der Waals surface area (Å²) < 4.78 is 5.35. The predicted molar refractivity (Wildman–Crippen MR) is 89.9 cm³/mol. The van der Waals surface area contributed by atoms with E-state index in [0.717, 1.165) is 31.6 Å². The molecule has 1 aromatic carbocycles. The maximum Gasteiger partial charge on any atom is 0.241 e. The highest BCUT2D eigenvalue weighted by Gasteiger charge is 2.17. The van der Waals surface area contributed by atoms with Crippen molar-refractivity contribution in [2.45, 2.75) is 19.8 Å². The van der Waals surface area contributed by atoms with Crippen molar-refractivity contribution in [1.82, 2.24) is 10.2 Å². The summed E-state index contributed by atoms with van der Waals surface area (Å²) in [5, 5.41) is 6.08. The Morgan fingerprint density at radius 2 is 2.00 bits per heavy atom. The van der Waals surface area contributed by atoms with Crippen molar-refractivity contribution in [3.05, 3.63) is 23.2 Å². The van der Waals surface area contributed by atoms with E-state index >= 15 is 0 Å². The lowest BCUT2D eigenvalue weighted by atomic mass is 10.3. The first kappa shape index (κ1) is 17.4. The quantitative estimate of drug-likeness (QED) is 0.796. The third kappa shape index (κ3) is 5.32. The van der Waals surface area contributed by atoms with Crippen LogP contribution in [-0.2, 0) is 9.59 Å². The van der Waals surface area contributed by atoms with E-state index in [1.165, 1.54) is 0 Å². The number of hydrogen-bond acceptors (Lipinski definition) is 4. The normalized spacial score (nSPS) is 13.7. The van der Waals surface area contributed by atoms with E-state index in [2.05, 4.69) is 10.6 Å². The van der Waals surface area contributed by atoms with Crippen LogP contribution < -0.4 is 15.4 Å². The lowest BCUT2D eigenvalue weighted by molar-refractivity contribution is -0.131. The molecule has 0 aromatic heterocycles. The van der Waals surface area contributed by atoms with Crippen molar-refractivity contribution >= 4 is 29.1 Å². The number of amides is 2. The van der Waals surface area contributed by atoms with Crippen molar-refractivity contribution in [2.75, 3.05) is 38.1 Å². The summed E-state index contributed by atoms with van der Waals surface area (Å²) in [6.07, 6.45) is 2.08. The van der Waals surface area contributed by atoms with Gasteiger partial charge in [-0.05, 0) is 38.0 Å². The van der Waals surface area contributed by atoms with E-state index < -0.39 is 0 Å². The maximum atomic E-state index is 11.8. The second-order valence-electron chi connectivity index (χ2n) is 5.30. The van der Waals surface area contributed by atoms with Crippen LogP contribution in [0.4, 0.5) is 5.69 Å². The number of likely N-dealkylation sites (tertiary alicyclic amines) is 1. The number of rotatable bonds is 7. The van der Waals surface area contributed by atoms with Gasteiger partial charge >= 0.3 is 0 Å². The van der Waals surface area contributed by atoms with Gasteiger partial charge in [-0.25, -0.2) is 0 Å². The topological polar surface area (TPSA) is 70.7 Å². The van der Waals surface area contributed by atoms with Crippen molar-refractivity contribution in [3.63, 3.8) is 0 Å². The summed E-state index contributed by atoms with van der Waals surface area (Å²) in [6, 6.07) is 5.25. The molecule has 0 saturated carbocycles. The Labute approximate surface area is 141 Å². The minimum absolute atomic E-state index is 0.0278. The van der Waals surface area contributed by atoms with Crippen LogP contribution in [0.2, 0.25) is 5.02 Å². The molecule has 1 aliphatic heterocycles. The van der Waals surface area contributed by atoms with Crippen LogP contribution in [0.5, 0.6) is 5.75 Å². The van der Waals surface area contributed by atoms with E-state index in [9.17, 15) is 9.59 Å². The molecule has 1 heterocycles. The molecule has 0 radical (unpaired) electrons. The van der Waals surface area contributed by atoms with Crippen LogP contribution in [0.1, 0.15) is 19.8 Å². The van der Waals surface area contributed by atoms with Crippen LogP contribution in [0, 0.1) is 0 Å². The highest BCUT2D eigenvalue weighted by molar-refractivity contribution is 6.32. The molecule has 0 atom stereocenters. The summed E-state index contributed by atoms with van der Waals surface area (Å²) in [4.78, 5) is 25.4. The monoisotopic (exact) mass is 339 g/mol. The van der Waals surface area contributed by atoms with Gasteiger partial charge in [-0.3, -0.25) is 9.59 Å². The maximum absolute atomic E-state index is 11.8. The third-order valence-corrected chi connectivity index (χ3v) is 3.88. The predicted octanol–water partition coefficient (Wildman–Crippen LogP) is 1.89. The van der Waals surface area contributed by atoms with Gasteiger partial charge in [0.15, 0.2) is 0 Å². The molecule has 23 heavy (non-hydrogen) atoms. The Bertz CT molecular complexity index is 560. The highest BCUT2D eigenvalue weighted by Crippen LogP contribution is 2.27. The molecule has 2 amide bonds. The summed E-state index contributed by atoms with van der Waals surface area (Å²) in [6.45, 7) is 4.13. The second-order valence-corrected chi connectivity index (χ2v) is 5.70. The highest BCUT2D eigenvalue weighted by atomic mass is 35.5. The van der Waals surface area contributed by atoms with Gasteiger partial charge in [0, 0.05) is 18.8 Å². The van der Waals surface area contributed by atoms with Gasteiger partial charge in [-0.1, -0.05) is 11.6 Å². The Morgan fingerprint density at radius 1 is 1.26 bits per heavy atom. The van der Waals surface area contributed by atoms with Crippen molar-refractivity contribution in [2.24, 2.45) is 0 Å². The molecule has 0 spiro atoms. The molecule has 1 saturated heterocycles. The zero-order chi connectivity index (χ0) is 16.7. The smallest absolute Gasteiger partial charge is 0.241 e. The molecule has 0 bridgehead atoms. The van der Waals surface area contributed by atoms with Gasteiger partial charge in [0.2, 0.25) is 11.8 Å². The van der Waals surface area contributed by atoms with Crippen molar-refractivity contribution in [3.8, 4) is 5.75 Å². The minimum Gasteiger partial charge on any atom is -0.492 e. The van der Waals surface area contributed by atoms with Crippen molar-refractivity contribution in [1.29, 1.82) is 0 Å². The molecule has 2 N–H and O–H groups in total. The Kier molecular flexibility index (Phi) is 6.52. The van der Waals surface area contributed by atoms with Crippen LogP contribution in [0.25, 0.3) is 0 Å². The van der Waals surface area contributed by atoms with Gasteiger partial charge in [-0.15, -0.1) is 0 Å². The number of anilines is 1. The first-order chi connectivity index (χ1) is 11.1. The van der Waals surface area contributed by atoms with Crippen LogP contribution >= 0.6 is 11.6 Å². The molecular weight excluding hydrogens is 318 g/mol. The largest absolute Gasteiger partial charge is 0.492 e. The Hall–Kier alpha value is -1.95. The van der Waals surface area contributed by atoms with Gasteiger partial charge in [-0.2, -0.15) is 0 Å². The number of carbonyl (C=O) groups is 2. The summed E-state index contributed by atoms with van der Waals surface area (Å²) in [7, 11) is 0. The molecule has 0 unspecified atom stereocenters. The Balaban J connectivity index is 1.73. The van der Waals surface area contributed by atoms with Gasteiger partial charge in [0.05, 0.1) is 24.7 Å². The average molecular weight is 340 g/mol. The lowest BCUT2D eigenvalue weighted by Gasteiger charge is -2.15. The van der Waals surface area contributed by atoms with E-state index in [0.29, 0.717) is 17.4 Å². The number of halogens is 1. The molecule has 1 aliphatic rings. The molecule has 1 fully saturated rings. The molecule has 0 aliphatic carbocycles. The fourth-order valence-corrected chi connectivity index (χ4v) is 2.62. The summed E-state index contributed by atoms with van der Waals surface area (Å²) >= 11 is 6.08. The van der Waals surface area contributed by atoms with Crippen LogP contribution in [-0.4, -0.2) is 49.5 Å². The van der Waals surface area contributed by atoms with Gasteiger partial charge in [0.25, 0.3) is 0 Å². The molecule has 7 heteroatoms. The average Bonchev–Trinajstić information content (AvgIpc) is 3.07. The summed E-state index contributed by atoms with van der Waals surface area (Å²) in [5.41, 5.74) is 0.722. The van der Waals surface area contributed by atoms with E-state index in [1.807, 2.05) is 6.92 Å². The molecule has 126 valence electrons. The first-order valence-electron chi connectivity index (χ1n) is 7.81. The zero-order valence-corrected chi connectivity index (χ0v) is 14.0. The SMILES string of the molecule is CCOc1ccc(NCC(=O)NCC(=O)N2CCCC2)cc1Cl. The van der Waals surface area contributed by atoms with E-state index in [1.54, 1.807) is 23.1 Å². The van der Waals surface area contributed by atoms with Crippen LogP contribution in [0.3, 0.4) is 0 Å². The van der Waals surface area contributed by atoms with Crippen molar-refractivity contribution < 1.29 is 14.3 Å². The fraction of sp³-hybridized carbons (Fsp3) is 0.500. The number of hydrogen-bond donors (Lipinski definition) is 2. The van der Waals surface area contributed by atoms with E-state index in [4.69, 9.17) is 16.3 Å². The third-order valence-electron chi connectivity index (χ3n) is 3.58. The Morgan fingerprint density at radius 3 is 2.65 bits per heavy atom. The molecular formula is C16H22ClN3O3. The standard InChI is InChI=1S/C16H22ClN3O3/c1-2-23-14-6-5-12(9-13(14)17)18-10-15(21)19-11-16(22)20-7-3-4-8-20/h5-6,9,18H,2-4,7-8,10-11H2,1H3,(H,19,21). The van der Waals surface area contributed by atoms with Crippen LogP contribution in [0.15, 0.2) is 18.2 Å². The fourth-order valence-electron chi connectivity index (χ4n) is 2.38.